The summed E-state index contributed by atoms with van der Waals surface area (Å²) in [5.41, 5.74) is 0. The van der Waals surface area contributed by atoms with Gasteiger partial charge in [0.1, 0.15) is 5.94 Å². The predicted molar refractivity (Wildman–Crippen MR) is 77.5 cm³/mol. The molecule has 0 N–H and O–H groups in total. The second-order valence-corrected chi connectivity index (χ2v) is 7.17. The van der Waals surface area contributed by atoms with Crippen molar-refractivity contribution in [2.75, 3.05) is 18.8 Å². The summed E-state index contributed by atoms with van der Waals surface area (Å²) in [6.07, 6.45) is 12.2. The van der Waals surface area contributed by atoms with Crippen molar-refractivity contribution in [2.24, 2.45) is 0 Å². The molecule has 0 saturated heterocycles. The fraction of sp³-hybridized carbons (Fsp3) is 1.00. The van der Waals surface area contributed by atoms with Gasteiger partial charge in [-0.05, 0) is 6.42 Å². The molecule has 110 valence electrons. The van der Waals surface area contributed by atoms with Gasteiger partial charge in [-0.25, -0.2) is 8.42 Å². The number of unbranched alkanes of at least 4 members (excludes halogenated alkanes) is 9. The summed E-state index contributed by atoms with van der Waals surface area (Å²) in [4.78, 5) is 0. The first-order chi connectivity index (χ1) is 8.62. The molecule has 0 aliphatic rings. The van der Waals surface area contributed by atoms with E-state index in [2.05, 4.69) is 11.7 Å². The molecule has 0 heterocycles. The lowest BCUT2D eigenvalue weighted by Crippen LogP contribution is -2.12. The Morgan fingerprint density at radius 3 is 1.67 bits per heavy atom. The zero-order valence-corrected chi connectivity index (χ0v) is 12.9. The number of sulfone groups is 1. The van der Waals surface area contributed by atoms with Crippen LogP contribution in [-0.4, -0.2) is 27.2 Å². The third-order valence-corrected chi connectivity index (χ3v) is 4.61. The van der Waals surface area contributed by atoms with Crippen molar-refractivity contribution in [3.8, 4) is 0 Å². The van der Waals surface area contributed by atoms with E-state index in [-0.39, 0.29) is 11.7 Å². The summed E-state index contributed by atoms with van der Waals surface area (Å²) in [6, 6.07) is 0. The van der Waals surface area contributed by atoms with Crippen LogP contribution in [0, 0.1) is 0 Å². The molecule has 0 rings (SSSR count). The van der Waals surface area contributed by atoms with Gasteiger partial charge in [0.15, 0.2) is 9.84 Å². The van der Waals surface area contributed by atoms with E-state index in [1.807, 2.05) is 0 Å². The van der Waals surface area contributed by atoms with Gasteiger partial charge in [-0.2, -0.15) is 0 Å². The second kappa shape index (κ2) is 12.0. The van der Waals surface area contributed by atoms with Gasteiger partial charge in [-0.3, -0.25) is 0 Å². The highest BCUT2D eigenvalue weighted by molar-refractivity contribution is 7.91. The van der Waals surface area contributed by atoms with Crippen molar-refractivity contribution in [2.45, 2.75) is 71.1 Å². The van der Waals surface area contributed by atoms with Crippen LogP contribution in [0.15, 0.2) is 0 Å². The molecule has 0 fully saturated rings. The Morgan fingerprint density at radius 1 is 0.778 bits per heavy atom. The maximum Gasteiger partial charge on any atom is 0.174 e. The molecule has 0 amide bonds. The quantitative estimate of drug-likeness (QED) is 0.479. The average Bonchev–Trinajstić information content (AvgIpc) is 2.31. The normalized spacial score (nSPS) is 11.9. The van der Waals surface area contributed by atoms with Crippen LogP contribution in [-0.2, 0) is 14.6 Å². The predicted octanol–water partition coefficient (Wildman–Crippen LogP) is 3.93. The van der Waals surface area contributed by atoms with E-state index in [9.17, 15) is 8.42 Å². The van der Waals surface area contributed by atoms with Gasteiger partial charge in [-0.15, -0.1) is 0 Å². The van der Waals surface area contributed by atoms with Crippen LogP contribution in [0.4, 0.5) is 0 Å². The van der Waals surface area contributed by atoms with Crippen LogP contribution in [0.1, 0.15) is 71.1 Å². The van der Waals surface area contributed by atoms with E-state index in [1.165, 1.54) is 52.1 Å². The number of hydrogen-bond donors (Lipinski definition) is 0. The maximum absolute atomic E-state index is 11.3. The molecule has 4 heteroatoms. The highest BCUT2D eigenvalue weighted by Gasteiger charge is 2.08. The van der Waals surface area contributed by atoms with E-state index >= 15 is 0 Å². The Kier molecular flexibility index (Phi) is 11.9. The van der Waals surface area contributed by atoms with E-state index < -0.39 is 9.84 Å². The maximum atomic E-state index is 11.3. The molecule has 0 unspecified atom stereocenters. The summed E-state index contributed by atoms with van der Waals surface area (Å²) in [5, 5.41) is 0. The van der Waals surface area contributed by atoms with Gasteiger partial charge in [0.25, 0.3) is 0 Å². The lowest BCUT2D eigenvalue weighted by Gasteiger charge is -2.03. The number of rotatable bonds is 13. The van der Waals surface area contributed by atoms with Gasteiger partial charge in [0, 0.05) is 7.11 Å². The minimum Gasteiger partial charge on any atom is -0.369 e. The van der Waals surface area contributed by atoms with E-state index in [4.69, 9.17) is 0 Å². The third kappa shape index (κ3) is 12.4. The minimum absolute atomic E-state index is 0.134. The van der Waals surface area contributed by atoms with Crippen LogP contribution in [0.2, 0.25) is 0 Å². The van der Waals surface area contributed by atoms with Gasteiger partial charge < -0.3 is 4.74 Å². The third-order valence-electron chi connectivity index (χ3n) is 3.11. The minimum atomic E-state index is -2.96. The van der Waals surface area contributed by atoms with Gasteiger partial charge in [-0.1, -0.05) is 64.7 Å². The molecule has 0 aromatic heterocycles. The number of ether oxygens (including phenoxy) is 1. The summed E-state index contributed by atoms with van der Waals surface area (Å²) in [7, 11) is -1.53. The smallest absolute Gasteiger partial charge is 0.174 e. The second-order valence-electron chi connectivity index (χ2n) is 5.04. The summed E-state index contributed by atoms with van der Waals surface area (Å²) >= 11 is 0. The van der Waals surface area contributed by atoms with Crippen LogP contribution in [0.25, 0.3) is 0 Å². The van der Waals surface area contributed by atoms with Crippen molar-refractivity contribution in [1.82, 2.24) is 0 Å². The highest BCUT2D eigenvalue weighted by Crippen LogP contribution is 2.11. The van der Waals surface area contributed by atoms with E-state index in [0.29, 0.717) is 0 Å². The molecular weight excluding hydrogens is 248 g/mol. The first kappa shape index (κ1) is 17.9. The molecule has 0 spiro atoms. The zero-order chi connectivity index (χ0) is 13.7. The molecule has 3 nitrogen and oxygen atoms in total. The molecule has 0 atom stereocenters. The average molecular weight is 278 g/mol. The first-order valence-corrected chi connectivity index (χ1v) is 9.14. The molecule has 0 aromatic rings. The highest BCUT2D eigenvalue weighted by atomic mass is 32.2. The lowest BCUT2D eigenvalue weighted by atomic mass is 10.1. The van der Waals surface area contributed by atoms with E-state index in [1.54, 1.807) is 0 Å². The lowest BCUT2D eigenvalue weighted by molar-refractivity contribution is 0.249. The standard InChI is InChI=1S/C14H30O3S/c1-3-4-5-6-7-8-9-10-11-12-13-18(15,16)14-17-2/h3-14H2,1-2H3. The van der Waals surface area contributed by atoms with E-state index in [0.717, 1.165) is 19.3 Å². The molecule has 0 saturated carbocycles. The molecule has 0 bridgehead atoms. The molecule has 0 aliphatic heterocycles. The topological polar surface area (TPSA) is 43.4 Å². The Balaban J connectivity index is 3.21. The Bertz CT molecular complexity index is 260. The molecule has 0 aliphatic carbocycles. The Morgan fingerprint density at radius 2 is 1.22 bits per heavy atom. The molecule has 0 radical (unpaired) electrons. The van der Waals surface area contributed by atoms with Crippen LogP contribution in [0.3, 0.4) is 0 Å². The van der Waals surface area contributed by atoms with Gasteiger partial charge in [0.05, 0.1) is 5.75 Å². The number of methoxy groups -OCH3 is 1. The van der Waals surface area contributed by atoms with Crippen molar-refractivity contribution >= 4 is 9.84 Å². The summed E-state index contributed by atoms with van der Waals surface area (Å²) in [6.45, 7) is 2.23. The van der Waals surface area contributed by atoms with Crippen LogP contribution < -0.4 is 0 Å². The fourth-order valence-electron chi connectivity index (χ4n) is 2.05. The van der Waals surface area contributed by atoms with Crippen LogP contribution in [0.5, 0.6) is 0 Å². The van der Waals surface area contributed by atoms with Gasteiger partial charge >= 0.3 is 0 Å². The zero-order valence-electron chi connectivity index (χ0n) is 12.1. The largest absolute Gasteiger partial charge is 0.369 e. The first-order valence-electron chi connectivity index (χ1n) is 7.31. The van der Waals surface area contributed by atoms with Crippen molar-refractivity contribution in [1.29, 1.82) is 0 Å². The summed E-state index contributed by atoms with van der Waals surface area (Å²) < 4.78 is 27.3. The Labute approximate surface area is 113 Å². The van der Waals surface area contributed by atoms with Crippen LogP contribution >= 0.6 is 0 Å². The Hall–Kier alpha value is -0.0900. The molecule has 0 aromatic carbocycles. The monoisotopic (exact) mass is 278 g/mol. The summed E-state index contributed by atoms with van der Waals surface area (Å²) in [5.74, 6) is 0.141. The fourth-order valence-corrected chi connectivity index (χ4v) is 3.17. The van der Waals surface area contributed by atoms with Crippen molar-refractivity contribution in [3.63, 3.8) is 0 Å². The van der Waals surface area contributed by atoms with Crippen molar-refractivity contribution < 1.29 is 13.2 Å². The van der Waals surface area contributed by atoms with Gasteiger partial charge in [0.2, 0.25) is 0 Å². The molecule has 18 heavy (non-hydrogen) atoms. The number of hydrogen-bond acceptors (Lipinski definition) is 3. The van der Waals surface area contributed by atoms with Crippen molar-refractivity contribution in [3.05, 3.63) is 0 Å². The SMILES string of the molecule is CCCCCCCCCCCCS(=O)(=O)COC. The molecular formula is C14H30O3S.